The smallest absolute Gasteiger partial charge is 0.140 e. The Bertz CT molecular complexity index is 283. The van der Waals surface area contributed by atoms with Crippen molar-refractivity contribution in [1.29, 1.82) is 0 Å². The molecule has 0 aliphatic carbocycles. The molecule has 1 aliphatic rings. The van der Waals surface area contributed by atoms with E-state index in [1.54, 1.807) is 18.0 Å². The average Bonchev–Trinajstić information content (AvgIpc) is 2.58. The zero-order chi connectivity index (χ0) is 7.52. The van der Waals surface area contributed by atoms with Gasteiger partial charge in [0.05, 0.1) is 11.2 Å². The average molecular weight is 164 g/mol. The maximum atomic E-state index is 5.25. The van der Waals surface area contributed by atoms with Crippen molar-refractivity contribution in [2.45, 2.75) is 0 Å². The Labute approximate surface area is 69.8 Å². The van der Waals surface area contributed by atoms with Crippen molar-refractivity contribution in [3.8, 4) is 0 Å². The van der Waals surface area contributed by atoms with Gasteiger partial charge in [-0.3, -0.25) is 0 Å². The zero-order valence-electron chi connectivity index (χ0n) is 5.99. The second-order valence-electron chi connectivity index (χ2n) is 2.25. The molecule has 0 fully saturated rings. The van der Waals surface area contributed by atoms with Gasteiger partial charge in [-0.05, 0) is 18.2 Å². The largest absolute Gasteiger partial charge is 0.464 e. The van der Waals surface area contributed by atoms with Gasteiger partial charge in [0.15, 0.2) is 0 Å². The van der Waals surface area contributed by atoms with Crippen LogP contribution in [0.15, 0.2) is 41.0 Å². The first-order valence-electron chi connectivity index (χ1n) is 3.50. The van der Waals surface area contributed by atoms with E-state index in [-0.39, 0.29) is 0 Å². The quantitative estimate of drug-likeness (QED) is 0.633. The molecule has 1 aliphatic heterocycles. The van der Waals surface area contributed by atoms with Gasteiger partial charge in [0.1, 0.15) is 5.76 Å². The minimum atomic E-state index is 0.972. The third kappa shape index (κ3) is 1.40. The number of thioether (sulfide) groups is 1. The maximum Gasteiger partial charge on any atom is 0.140 e. The van der Waals surface area contributed by atoms with Crippen molar-refractivity contribution in [2.24, 2.45) is 0 Å². The minimum absolute atomic E-state index is 0.972. The predicted molar refractivity (Wildman–Crippen MR) is 48.3 cm³/mol. The summed E-state index contributed by atoms with van der Waals surface area (Å²) >= 11 is 1.80. The summed E-state index contributed by atoms with van der Waals surface area (Å²) in [5.74, 6) is 2.02. The predicted octanol–water partition coefficient (Wildman–Crippen LogP) is 2.92. The van der Waals surface area contributed by atoms with E-state index >= 15 is 0 Å². The molecule has 56 valence electrons. The van der Waals surface area contributed by atoms with Crippen molar-refractivity contribution in [3.05, 3.63) is 42.4 Å². The topological polar surface area (TPSA) is 13.1 Å². The first-order valence-corrected chi connectivity index (χ1v) is 4.49. The van der Waals surface area contributed by atoms with Gasteiger partial charge in [0, 0.05) is 5.75 Å². The molecule has 1 aromatic rings. The van der Waals surface area contributed by atoms with Crippen LogP contribution in [-0.4, -0.2) is 5.75 Å². The number of allylic oxidation sites excluding steroid dienone is 2. The molecule has 0 radical (unpaired) electrons. The summed E-state index contributed by atoms with van der Waals surface area (Å²) in [5.41, 5.74) is 0. The second-order valence-corrected chi connectivity index (χ2v) is 3.31. The van der Waals surface area contributed by atoms with Gasteiger partial charge in [0.25, 0.3) is 0 Å². The van der Waals surface area contributed by atoms with E-state index in [0.29, 0.717) is 0 Å². The van der Waals surface area contributed by atoms with Gasteiger partial charge < -0.3 is 4.42 Å². The highest BCUT2D eigenvalue weighted by Crippen LogP contribution is 2.29. The fraction of sp³-hybridized carbons (Fsp3) is 0.111. The molecule has 0 bridgehead atoms. The fourth-order valence-electron chi connectivity index (χ4n) is 0.969. The van der Waals surface area contributed by atoms with Gasteiger partial charge in [-0.1, -0.05) is 12.2 Å². The third-order valence-corrected chi connectivity index (χ3v) is 2.49. The van der Waals surface area contributed by atoms with E-state index < -0.39 is 0 Å². The highest BCUT2D eigenvalue weighted by molar-refractivity contribution is 8.08. The molecule has 1 aromatic heterocycles. The molecule has 0 aromatic carbocycles. The lowest BCUT2D eigenvalue weighted by molar-refractivity contribution is 0.556. The van der Waals surface area contributed by atoms with Crippen LogP contribution in [0.5, 0.6) is 0 Å². The SMILES string of the molecule is C1=CCSC(c2ccco2)=C1. The summed E-state index contributed by atoms with van der Waals surface area (Å²) in [6.07, 6.45) is 7.98. The molecule has 11 heavy (non-hydrogen) atoms. The second kappa shape index (κ2) is 3.01. The summed E-state index contributed by atoms with van der Waals surface area (Å²) in [5, 5.41) is 0. The van der Waals surface area contributed by atoms with E-state index in [2.05, 4.69) is 18.2 Å². The fourth-order valence-corrected chi connectivity index (χ4v) is 1.79. The van der Waals surface area contributed by atoms with Gasteiger partial charge in [-0.15, -0.1) is 11.8 Å². The van der Waals surface area contributed by atoms with Gasteiger partial charge in [0.2, 0.25) is 0 Å². The standard InChI is InChI=1S/C9H8OS/c1-2-7-11-9(5-1)8-4-3-6-10-8/h1-6H,7H2. The van der Waals surface area contributed by atoms with Crippen molar-refractivity contribution in [2.75, 3.05) is 5.75 Å². The highest BCUT2D eigenvalue weighted by Gasteiger charge is 2.04. The molecule has 2 rings (SSSR count). The molecule has 2 heteroatoms. The summed E-state index contributed by atoms with van der Waals surface area (Å²) in [6.45, 7) is 0. The van der Waals surface area contributed by atoms with Crippen LogP contribution in [0.3, 0.4) is 0 Å². The zero-order valence-corrected chi connectivity index (χ0v) is 6.80. The Morgan fingerprint density at radius 1 is 1.45 bits per heavy atom. The summed E-state index contributed by atoms with van der Waals surface area (Å²) < 4.78 is 5.25. The summed E-state index contributed by atoms with van der Waals surface area (Å²) in [6, 6.07) is 3.90. The van der Waals surface area contributed by atoms with Crippen LogP contribution >= 0.6 is 11.8 Å². The normalized spacial score (nSPS) is 16.5. The summed E-state index contributed by atoms with van der Waals surface area (Å²) in [7, 11) is 0. The maximum absolute atomic E-state index is 5.25. The molecule has 0 spiro atoms. The molecule has 0 saturated heterocycles. The van der Waals surface area contributed by atoms with E-state index in [1.807, 2.05) is 12.1 Å². The Balaban J connectivity index is 2.29. The van der Waals surface area contributed by atoms with Crippen LogP contribution in [0.2, 0.25) is 0 Å². The molecular formula is C9H8OS. The van der Waals surface area contributed by atoms with Gasteiger partial charge in [-0.25, -0.2) is 0 Å². The Morgan fingerprint density at radius 2 is 2.45 bits per heavy atom. The van der Waals surface area contributed by atoms with E-state index in [1.165, 1.54) is 4.91 Å². The van der Waals surface area contributed by atoms with Crippen LogP contribution in [0.4, 0.5) is 0 Å². The van der Waals surface area contributed by atoms with E-state index in [0.717, 1.165) is 11.5 Å². The molecule has 0 amide bonds. The van der Waals surface area contributed by atoms with Gasteiger partial charge >= 0.3 is 0 Å². The van der Waals surface area contributed by atoms with Crippen molar-refractivity contribution in [3.63, 3.8) is 0 Å². The molecule has 0 unspecified atom stereocenters. The molecule has 1 nitrogen and oxygen atoms in total. The Morgan fingerprint density at radius 3 is 3.09 bits per heavy atom. The minimum Gasteiger partial charge on any atom is -0.464 e. The van der Waals surface area contributed by atoms with Crippen LogP contribution in [0.1, 0.15) is 5.76 Å². The lowest BCUT2D eigenvalue weighted by Gasteiger charge is -2.03. The molecule has 2 heterocycles. The van der Waals surface area contributed by atoms with Crippen molar-refractivity contribution < 1.29 is 4.42 Å². The molecule has 0 N–H and O–H groups in total. The number of rotatable bonds is 1. The third-order valence-electron chi connectivity index (χ3n) is 1.48. The van der Waals surface area contributed by atoms with Crippen molar-refractivity contribution in [1.82, 2.24) is 0 Å². The van der Waals surface area contributed by atoms with E-state index in [9.17, 15) is 0 Å². The molecule has 0 saturated carbocycles. The molecular weight excluding hydrogens is 156 g/mol. The Kier molecular flexibility index (Phi) is 1.86. The first-order chi connectivity index (χ1) is 5.47. The molecule has 0 atom stereocenters. The van der Waals surface area contributed by atoms with Gasteiger partial charge in [-0.2, -0.15) is 0 Å². The van der Waals surface area contributed by atoms with Crippen LogP contribution in [-0.2, 0) is 0 Å². The highest BCUT2D eigenvalue weighted by atomic mass is 32.2. The monoisotopic (exact) mass is 164 g/mol. The number of furan rings is 1. The van der Waals surface area contributed by atoms with Crippen molar-refractivity contribution >= 4 is 16.7 Å². The number of hydrogen-bond acceptors (Lipinski definition) is 2. The van der Waals surface area contributed by atoms with Crippen LogP contribution in [0.25, 0.3) is 4.91 Å². The Hall–Kier alpha value is -0.890. The lowest BCUT2D eigenvalue weighted by Crippen LogP contribution is -1.81. The van der Waals surface area contributed by atoms with Crippen LogP contribution < -0.4 is 0 Å². The van der Waals surface area contributed by atoms with Crippen LogP contribution in [0, 0.1) is 0 Å². The first kappa shape index (κ1) is 6.80. The van der Waals surface area contributed by atoms with E-state index in [4.69, 9.17) is 4.42 Å². The number of hydrogen-bond donors (Lipinski definition) is 0. The lowest BCUT2D eigenvalue weighted by atomic mass is 10.3. The summed E-state index contributed by atoms with van der Waals surface area (Å²) in [4.78, 5) is 1.22.